The second kappa shape index (κ2) is 4.37. The van der Waals surface area contributed by atoms with Gasteiger partial charge in [-0.1, -0.05) is 6.07 Å². The van der Waals surface area contributed by atoms with Crippen LogP contribution in [0.15, 0.2) is 22.7 Å². The highest BCUT2D eigenvalue weighted by Gasteiger charge is 2.37. The van der Waals surface area contributed by atoms with E-state index < -0.39 is 5.92 Å². The van der Waals surface area contributed by atoms with Gasteiger partial charge in [0.15, 0.2) is 0 Å². The predicted octanol–water partition coefficient (Wildman–Crippen LogP) is 3.43. The summed E-state index contributed by atoms with van der Waals surface area (Å²) in [5, 5.41) is 0. The smallest absolute Gasteiger partial charge is 0.261 e. The van der Waals surface area contributed by atoms with Gasteiger partial charge < -0.3 is 0 Å². The first-order valence-corrected chi connectivity index (χ1v) is 5.80. The molecule has 0 atom stereocenters. The molecule has 1 nitrogen and oxygen atoms in total. The quantitative estimate of drug-likeness (QED) is 0.807. The zero-order valence-corrected chi connectivity index (χ0v) is 10.1. The highest BCUT2D eigenvalue weighted by atomic mass is 79.9. The first-order chi connectivity index (χ1) is 7.46. The van der Waals surface area contributed by atoms with Crippen LogP contribution < -0.4 is 0 Å². The van der Waals surface area contributed by atoms with E-state index in [4.69, 9.17) is 0 Å². The van der Waals surface area contributed by atoms with Gasteiger partial charge in [-0.2, -0.15) is 0 Å². The summed E-state index contributed by atoms with van der Waals surface area (Å²) in [5.41, 5.74) is 0.839. The molecule has 2 rings (SSSR count). The molecular weight excluding hydrogens is 283 g/mol. The van der Waals surface area contributed by atoms with E-state index in [-0.39, 0.29) is 18.8 Å². The normalized spacial score (nSPS) is 20.2. The van der Waals surface area contributed by atoms with Gasteiger partial charge >= 0.3 is 0 Å². The Balaban J connectivity index is 2.02. The molecule has 0 aliphatic carbocycles. The highest BCUT2D eigenvalue weighted by Crippen LogP contribution is 2.28. The molecule has 1 aliphatic heterocycles. The van der Waals surface area contributed by atoms with Crippen molar-refractivity contribution in [3.63, 3.8) is 0 Å². The van der Waals surface area contributed by atoms with E-state index in [1.807, 2.05) is 0 Å². The Morgan fingerprint density at radius 1 is 1.38 bits per heavy atom. The SMILES string of the molecule is Fc1ccc(CN2CCC(F)(F)C2)cc1Br. The minimum atomic E-state index is -2.57. The fourth-order valence-corrected chi connectivity index (χ4v) is 2.26. The Labute approximate surface area is 100 Å². The lowest BCUT2D eigenvalue weighted by Crippen LogP contribution is -2.24. The van der Waals surface area contributed by atoms with Crippen LogP contribution in [0.1, 0.15) is 12.0 Å². The van der Waals surface area contributed by atoms with Crippen LogP contribution in [0.25, 0.3) is 0 Å². The molecule has 0 amide bonds. The van der Waals surface area contributed by atoms with Gasteiger partial charge in [-0.15, -0.1) is 0 Å². The number of hydrogen-bond acceptors (Lipinski definition) is 1. The van der Waals surface area contributed by atoms with Gasteiger partial charge in [0.1, 0.15) is 5.82 Å². The summed E-state index contributed by atoms with van der Waals surface area (Å²) in [6.45, 7) is 0.623. The molecule has 1 heterocycles. The van der Waals surface area contributed by atoms with E-state index >= 15 is 0 Å². The van der Waals surface area contributed by atoms with E-state index in [2.05, 4.69) is 15.9 Å². The van der Waals surface area contributed by atoms with E-state index in [1.54, 1.807) is 17.0 Å². The number of halogens is 4. The largest absolute Gasteiger partial charge is 0.293 e. The summed E-state index contributed by atoms with van der Waals surface area (Å²) in [6.07, 6.45) is -0.0879. The maximum atomic E-state index is 13.0. The Morgan fingerprint density at radius 3 is 2.69 bits per heavy atom. The number of benzene rings is 1. The Hall–Kier alpha value is -0.550. The van der Waals surface area contributed by atoms with Crippen molar-refractivity contribution in [3.8, 4) is 0 Å². The van der Waals surface area contributed by atoms with Gasteiger partial charge in [-0.25, -0.2) is 13.2 Å². The van der Waals surface area contributed by atoms with Crippen LogP contribution in [0.2, 0.25) is 0 Å². The van der Waals surface area contributed by atoms with E-state index in [0.29, 0.717) is 17.6 Å². The van der Waals surface area contributed by atoms with E-state index in [1.165, 1.54) is 6.07 Å². The molecule has 0 bridgehead atoms. The number of likely N-dealkylation sites (tertiary alicyclic amines) is 1. The van der Waals surface area contributed by atoms with Crippen molar-refractivity contribution in [3.05, 3.63) is 34.1 Å². The summed E-state index contributed by atoms with van der Waals surface area (Å²) in [6, 6.07) is 4.59. The first-order valence-electron chi connectivity index (χ1n) is 5.00. The van der Waals surface area contributed by atoms with Crippen molar-refractivity contribution in [2.24, 2.45) is 0 Å². The monoisotopic (exact) mass is 293 g/mol. The predicted molar refractivity (Wildman–Crippen MR) is 58.9 cm³/mol. The zero-order chi connectivity index (χ0) is 11.8. The van der Waals surface area contributed by atoms with Crippen molar-refractivity contribution in [2.75, 3.05) is 13.1 Å². The molecule has 0 unspecified atom stereocenters. The van der Waals surface area contributed by atoms with Crippen molar-refractivity contribution >= 4 is 15.9 Å². The van der Waals surface area contributed by atoms with Gasteiger partial charge in [-0.3, -0.25) is 4.90 Å². The molecule has 0 saturated carbocycles. The van der Waals surface area contributed by atoms with Crippen LogP contribution in [-0.2, 0) is 6.54 Å². The van der Waals surface area contributed by atoms with Gasteiger partial charge in [0.25, 0.3) is 5.92 Å². The second-order valence-corrected chi connectivity index (χ2v) is 4.92. The third kappa shape index (κ3) is 2.77. The molecular formula is C11H11BrF3N. The summed E-state index contributed by atoms with van der Waals surface area (Å²) < 4.78 is 39.2. The number of rotatable bonds is 2. The summed E-state index contributed by atoms with van der Waals surface area (Å²) in [4.78, 5) is 1.68. The lowest BCUT2D eigenvalue weighted by Gasteiger charge is -2.15. The van der Waals surface area contributed by atoms with Gasteiger partial charge in [0.2, 0.25) is 0 Å². The van der Waals surface area contributed by atoms with Gasteiger partial charge in [-0.05, 0) is 33.6 Å². The third-order valence-corrected chi connectivity index (χ3v) is 3.25. The molecule has 1 saturated heterocycles. The lowest BCUT2D eigenvalue weighted by atomic mass is 10.2. The van der Waals surface area contributed by atoms with Crippen LogP contribution in [-0.4, -0.2) is 23.9 Å². The molecule has 5 heteroatoms. The molecule has 1 fully saturated rings. The molecule has 1 aliphatic rings. The average molecular weight is 294 g/mol. The molecule has 88 valence electrons. The molecule has 1 aromatic carbocycles. The van der Waals surface area contributed by atoms with E-state index in [9.17, 15) is 13.2 Å². The summed E-state index contributed by atoms with van der Waals surface area (Å²) in [7, 11) is 0. The van der Waals surface area contributed by atoms with Crippen LogP contribution in [0, 0.1) is 5.82 Å². The van der Waals surface area contributed by atoms with Crippen LogP contribution in [0.3, 0.4) is 0 Å². The van der Waals surface area contributed by atoms with Gasteiger partial charge in [0.05, 0.1) is 11.0 Å². The van der Waals surface area contributed by atoms with Crippen molar-refractivity contribution in [2.45, 2.75) is 18.9 Å². The first kappa shape index (κ1) is 11.9. The molecule has 0 aromatic heterocycles. The summed E-state index contributed by atoms with van der Waals surface area (Å²) >= 11 is 3.08. The number of hydrogen-bond donors (Lipinski definition) is 0. The van der Waals surface area contributed by atoms with E-state index in [0.717, 1.165) is 5.56 Å². The molecule has 0 spiro atoms. The fraction of sp³-hybridized carbons (Fsp3) is 0.455. The fourth-order valence-electron chi connectivity index (χ4n) is 1.84. The minimum Gasteiger partial charge on any atom is -0.293 e. The van der Waals surface area contributed by atoms with Crippen molar-refractivity contribution in [1.29, 1.82) is 0 Å². The van der Waals surface area contributed by atoms with Crippen LogP contribution in [0.5, 0.6) is 0 Å². The zero-order valence-electron chi connectivity index (χ0n) is 8.52. The maximum absolute atomic E-state index is 13.0. The Bertz CT molecular complexity index is 395. The topological polar surface area (TPSA) is 3.24 Å². The van der Waals surface area contributed by atoms with Crippen molar-refractivity contribution in [1.82, 2.24) is 4.90 Å². The Kier molecular flexibility index (Phi) is 3.26. The van der Waals surface area contributed by atoms with Crippen LogP contribution in [0.4, 0.5) is 13.2 Å². The second-order valence-electron chi connectivity index (χ2n) is 4.07. The number of alkyl halides is 2. The van der Waals surface area contributed by atoms with Gasteiger partial charge in [0, 0.05) is 19.5 Å². The minimum absolute atomic E-state index is 0.0879. The summed E-state index contributed by atoms with van der Waals surface area (Å²) in [5.74, 6) is -2.91. The number of nitrogens with zero attached hydrogens (tertiary/aromatic N) is 1. The maximum Gasteiger partial charge on any atom is 0.261 e. The Morgan fingerprint density at radius 2 is 2.12 bits per heavy atom. The average Bonchev–Trinajstić information content (AvgIpc) is 2.52. The third-order valence-electron chi connectivity index (χ3n) is 2.64. The van der Waals surface area contributed by atoms with Crippen LogP contribution >= 0.6 is 15.9 Å². The lowest BCUT2D eigenvalue weighted by molar-refractivity contribution is 0.0115. The molecule has 16 heavy (non-hydrogen) atoms. The highest BCUT2D eigenvalue weighted by molar-refractivity contribution is 9.10. The molecule has 1 aromatic rings. The molecule has 0 radical (unpaired) electrons. The molecule has 0 N–H and O–H groups in total. The van der Waals surface area contributed by atoms with Crippen molar-refractivity contribution < 1.29 is 13.2 Å². The standard InChI is InChI=1S/C11H11BrF3N/c12-9-5-8(1-2-10(9)13)6-16-4-3-11(14,15)7-16/h1-2,5H,3-4,6-7H2.